The maximum Gasteiger partial charge on any atom is 0.323 e. The van der Waals surface area contributed by atoms with Gasteiger partial charge in [0.15, 0.2) is 0 Å². The Bertz CT molecular complexity index is 350. The molecule has 0 aromatic rings. The van der Waals surface area contributed by atoms with E-state index in [4.69, 9.17) is 5.11 Å². The summed E-state index contributed by atoms with van der Waals surface area (Å²) >= 11 is 0. The van der Waals surface area contributed by atoms with Gasteiger partial charge in [-0.05, 0) is 39.5 Å². The normalized spacial score (nSPS) is 23.2. The van der Waals surface area contributed by atoms with Gasteiger partial charge in [-0.2, -0.15) is 0 Å². The third-order valence-electron chi connectivity index (χ3n) is 4.09. The second-order valence-electron chi connectivity index (χ2n) is 6.66. The maximum absolute atomic E-state index is 12.4. The Kier molecular flexibility index (Phi) is 5.84. The number of carbonyl (C=O) groups excluding carboxylic acids is 1. The lowest BCUT2D eigenvalue weighted by atomic mass is 9.83. The van der Waals surface area contributed by atoms with Gasteiger partial charge in [-0.3, -0.25) is 4.79 Å². The van der Waals surface area contributed by atoms with Crippen molar-refractivity contribution in [2.75, 3.05) is 6.54 Å². The molecule has 1 saturated carbocycles. The summed E-state index contributed by atoms with van der Waals surface area (Å²) in [4.78, 5) is 24.8. The maximum atomic E-state index is 12.4. The molecule has 2 unspecified atom stereocenters. The number of hydrogen-bond donors (Lipinski definition) is 2. The van der Waals surface area contributed by atoms with Crippen molar-refractivity contribution in [3.05, 3.63) is 0 Å². The molecule has 1 aliphatic carbocycles. The standard InChI is InChI=1S/C15H28N2O3/c1-5-11-8-6-7-9-12(11)16-14(20)17(10-13(18)19)15(2,3)4/h11-12H,5-10H2,1-4H3,(H,16,20)(H,18,19). The Balaban J connectivity index is 2.72. The quantitative estimate of drug-likeness (QED) is 0.834. The first kappa shape index (κ1) is 16.8. The minimum Gasteiger partial charge on any atom is -0.480 e. The topological polar surface area (TPSA) is 69.6 Å². The zero-order valence-corrected chi connectivity index (χ0v) is 13.1. The third kappa shape index (κ3) is 4.69. The number of urea groups is 1. The van der Waals surface area contributed by atoms with Crippen LogP contribution in [-0.4, -0.2) is 40.1 Å². The summed E-state index contributed by atoms with van der Waals surface area (Å²) in [5.41, 5.74) is -0.501. The van der Waals surface area contributed by atoms with E-state index in [1.165, 1.54) is 11.3 Å². The number of amides is 2. The van der Waals surface area contributed by atoms with Gasteiger partial charge in [0.2, 0.25) is 0 Å². The monoisotopic (exact) mass is 284 g/mol. The van der Waals surface area contributed by atoms with Crippen molar-refractivity contribution in [3.8, 4) is 0 Å². The Morgan fingerprint density at radius 2 is 1.85 bits per heavy atom. The molecule has 0 saturated heterocycles. The van der Waals surface area contributed by atoms with Crippen LogP contribution in [0, 0.1) is 5.92 Å². The third-order valence-corrected chi connectivity index (χ3v) is 4.09. The van der Waals surface area contributed by atoms with E-state index in [0.717, 1.165) is 25.7 Å². The predicted octanol–water partition coefficient (Wildman–Crippen LogP) is 2.85. The zero-order chi connectivity index (χ0) is 15.3. The summed E-state index contributed by atoms with van der Waals surface area (Å²) in [6.07, 6.45) is 5.56. The fourth-order valence-electron chi connectivity index (χ4n) is 2.87. The van der Waals surface area contributed by atoms with E-state index in [-0.39, 0.29) is 18.6 Å². The van der Waals surface area contributed by atoms with Gasteiger partial charge in [0.25, 0.3) is 0 Å². The molecule has 2 amide bonds. The van der Waals surface area contributed by atoms with Crippen LogP contribution in [0.25, 0.3) is 0 Å². The Morgan fingerprint density at radius 1 is 1.25 bits per heavy atom. The van der Waals surface area contributed by atoms with Crippen molar-refractivity contribution < 1.29 is 14.7 Å². The molecule has 20 heavy (non-hydrogen) atoms. The minimum atomic E-state index is -0.981. The van der Waals surface area contributed by atoms with Gasteiger partial charge in [-0.15, -0.1) is 0 Å². The molecule has 0 aromatic carbocycles. The van der Waals surface area contributed by atoms with Gasteiger partial charge in [-0.1, -0.05) is 26.2 Å². The van der Waals surface area contributed by atoms with E-state index < -0.39 is 11.5 Å². The van der Waals surface area contributed by atoms with Crippen molar-refractivity contribution >= 4 is 12.0 Å². The van der Waals surface area contributed by atoms with Gasteiger partial charge in [0.05, 0.1) is 0 Å². The van der Waals surface area contributed by atoms with Gasteiger partial charge in [0.1, 0.15) is 6.54 Å². The van der Waals surface area contributed by atoms with Crippen LogP contribution in [0.1, 0.15) is 59.8 Å². The summed E-state index contributed by atoms with van der Waals surface area (Å²) in [7, 11) is 0. The average molecular weight is 284 g/mol. The molecule has 0 heterocycles. The molecule has 0 aromatic heterocycles. The number of nitrogens with zero attached hydrogens (tertiary/aromatic N) is 1. The van der Waals surface area contributed by atoms with E-state index in [9.17, 15) is 9.59 Å². The highest BCUT2D eigenvalue weighted by Gasteiger charge is 2.32. The van der Waals surface area contributed by atoms with Gasteiger partial charge >= 0.3 is 12.0 Å². The number of rotatable bonds is 4. The first-order valence-corrected chi connectivity index (χ1v) is 7.55. The molecule has 0 aliphatic heterocycles. The van der Waals surface area contributed by atoms with Crippen LogP contribution in [0.15, 0.2) is 0 Å². The molecule has 2 N–H and O–H groups in total. The lowest BCUT2D eigenvalue weighted by Gasteiger charge is -2.38. The number of hydrogen-bond acceptors (Lipinski definition) is 2. The van der Waals surface area contributed by atoms with Crippen LogP contribution in [-0.2, 0) is 4.79 Å². The fraction of sp³-hybridized carbons (Fsp3) is 0.867. The highest BCUT2D eigenvalue weighted by molar-refractivity contribution is 5.81. The Labute approximate surface area is 121 Å². The van der Waals surface area contributed by atoms with Gasteiger partial charge < -0.3 is 15.3 Å². The SMILES string of the molecule is CCC1CCCCC1NC(=O)N(CC(=O)O)C(C)(C)C. The van der Waals surface area contributed by atoms with Crippen molar-refractivity contribution in [2.24, 2.45) is 5.92 Å². The Hall–Kier alpha value is -1.26. The largest absolute Gasteiger partial charge is 0.480 e. The smallest absolute Gasteiger partial charge is 0.323 e. The van der Waals surface area contributed by atoms with Crippen molar-refractivity contribution in [2.45, 2.75) is 71.4 Å². The molecular formula is C15H28N2O3. The molecule has 5 nitrogen and oxygen atoms in total. The van der Waals surface area contributed by atoms with Crippen molar-refractivity contribution in [1.29, 1.82) is 0 Å². The lowest BCUT2D eigenvalue weighted by molar-refractivity contribution is -0.138. The molecule has 2 atom stereocenters. The highest BCUT2D eigenvalue weighted by Crippen LogP contribution is 2.27. The second kappa shape index (κ2) is 6.95. The lowest BCUT2D eigenvalue weighted by Crippen LogP contribution is -2.55. The number of nitrogens with one attached hydrogen (secondary N) is 1. The van der Waals surface area contributed by atoms with E-state index in [1.54, 1.807) is 0 Å². The van der Waals surface area contributed by atoms with E-state index in [1.807, 2.05) is 20.8 Å². The molecular weight excluding hydrogens is 256 g/mol. The molecule has 0 spiro atoms. The summed E-state index contributed by atoms with van der Waals surface area (Å²) in [6.45, 7) is 7.45. The van der Waals surface area contributed by atoms with Crippen molar-refractivity contribution in [1.82, 2.24) is 10.2 Å². The molecule has 1 rings (SSSR count). The number of carbonyl (C=O) groups is 2. The summed E-state index contributed by atoms with van der Waals surface area (Å²) in [5, 5.41) is 12.0. The molecule has 5 heteroatoms. The molecule has 0 bridgehead atoms. The molecule has 1 fully saturated rings. The fourth-order valence-corrected chi connectivity index (χ4v) is 2.87. The Morgan fingerprint density at radius 3 is 2.35 bits per heavy atom. The molecule has 116 valence electrons. The summed E-state index contributed by atoms with van der Waals surface area (Å²) in [6, 6.07) is -0.0786. The first-order chi connectivity index (χ1) is 9.25. The average Bonchev–Trinajstić information content (AvgIpc) is 2.35. The summed E-state index contributed by atoms with van der Waals surface area (Å²) < 4.78 is 0. The first-order valence-electron chi connectivity index (χ1n) is 7.55. The van der Waals surface area contributed by atoms with E-state index >= 15 is 0 Å². The van der Waals surface area contributed by atoms with Crippen LogP contribution in [0.4, 0.5) is 4.79 Å². The van der Waals surface area contributed by atoms with Crippen LogP contribution in [0.2, 0.25) is 0 Å². The molecule has 1 aliphatic rings. The van der Waals surface area contributed by atoms with Crippen LogP contribution in [0.3, 0.4) is 0 Å². The van der Waals surface area contributed by atoms with Gasteiger partial charge in [0, 0.05) is 11.6 Å². The number of aliphatic carboxylic acids is 1. The number of carboxylic acid groups (broad SMARTS) is 1. The number of carboxylic acids is 1. The summed E-state index contributed by atoms with van der Waals surface area (Å²) in [5.74, 6) is -0.467. The van der Waals surface area contributed by atoms with E-state index in [2.05, 4.69) is 12.2 Å². The van der Waals surface area contributed by atoms with Crippen LogP contribution < -0.4 is 5.32 Å². The van der Waals surface area contributed by atoms with Crippen LogP contribution >= 0.6 is 0 Å². The van der Waals surface area contributed by atoms with Gasteiger partial charge in [-0.25, -0.2) is 4.79 Å². The zero-order valence-electron chi connectivity index (χ0n) is 13.1. The highest BCUT2D eigenvalue weighted by atomic mass is 16.4. The minimum absolute atomic E-state index is 0.180. The predicted molar refractivity (Wildman–Crippen MR) is 78.7 cm³/mol. The second-order valence-corrected chi connectivity index (χ2v) is 6.66. The van der Waals surface area contributed by atoms with Crippen molar-refractivity contribution in [3.63, 3.8) is 0 Å². The molecule has 0 radical (unpaired) electrons. The van der Waals surface area contributed by atoms with E-state index in [0.29, 0.717) is 5.92 Å². The van der Waals surface area contributed by atoms with Crippen LogP contribution in [0.5, 0.6) is 0 Å².